The number of benzene rings is 8. The number of aromatic amines is 4. The van der Waals surface area contributed by atoms with Gasteiger partial charge in [-0.3, -0.25) is 40.5 Å². The molecule has 33 heteroatoms. The van der Waals surface area contributed by atoms with Crippen LogP contribution in [0.5, 0.6) is 0 Å². The maximum Gasteiger partial charge on any atom is 0.194 e. The summed E-state index contributed by atoms with van der Waals surface area (Å²) >= 11 is 0. The predicted octanol–water partition coefficient (Wildman–Crippen LogP) is 10.8. The highest BCUT2D eigenvalue weighted by Crippen LogP contribution is 2.39. The Labute approximate surface area is 608 Å². The van der Waals surface area contributed by atoms with Gasteiger partial charge in [-0.2, -0.15) is 0 Å². The maximum absolute atomic E-state index is 8.81. The molecule has 0 radical (unpaired) electrons. The van der Waals surface area contributed by atoms with Crippen LogP contribution < -0.4 is 22.9 Å². The van der Waals surface area contributed by atoms with Gasteiger partial charge in [-0.25, -0.2) is 59.8 Å². The van der Waals surface area contributed by atoms with Crippen LogP contribution >= 0.6 is 0 Å². The van der Waals surface area contributed by atoms with Crippen LogP contribution in [0.25, 0.3) is 179 Å². The van der Waals surface area contributed by atoms with Gasteiger partial charge in [0.05, 0.1) is 0 Å². The van der Waals surface area contributed by atoms with E-state index in [0.29, 0.717) is 91.8 Å². The molecule has 0 aliphatic carbocycles. The molecule has 16 bridgehead atoms. The number of fused-ring (bicyclic) bond motifs is 40. The minimum atomic E-state index is -0.500. The molecular formula is C73H76N24O8Si. The van der Waals surface area contributed by atoms with E-state index in [1.807, 2.05) is 194 Å². The maximum atomic E-state index is 8.81. The zero-order valence-electron chi connectivity index (χ0n) is 57.2. The molecule has 4 aliphatic heterocycles. The molecule has 32 nitrogen and oxygen atoms in total. The van der Waals surface area contributed by atoms with Crippen molar-refractivity contribution in [2.45, 2.75) is 7.43 Å². The van der Waals surface area contributed by atoms with Crippen LogP contribution in [0, 0.1) is 40.5 Å². The van der Waals surface area contributed by atoms with Crippen LogP contribution in [-0.4, -0.2) is 167 Å². The molecule has 0 amide bonds. The van der Waals surface area contributed by atoms with E-state index in [-0.39, 0.29) is 18.4 Å². The van der Waals surface area contributed by atoms with Gasteiger partial charge < -0.3 is 42.9 Å². The number of H-pyrrole nitrogens is 4. The number of nitro groups is 4. The summed E-state index contributed by atoms with van der Waals surface area (Å²) in [6, 6.07) is 64.5. The van der Waals surface area contributed by atoms with E-state index in [1.165, 1.54) is 28.2 Å². The third kappa shape index (κ3) is 17.5. The van der Waals surface area contributed by atoms with Crippen molar-refractivity contribution >= 4 is 99.2 Å². The van der Waals surface area contributed by atoms with Crippen LogP contribution in [-0.2, 0) is 0 Å². The first-order valence-corrected chi connectivity index (χ1v) is 31.5. The highest BCUT2D eigenvalue weighted by atomic mass is 28.1. The summed E-state index contributed by atoms with van der Waals surface area (Å²) in [5.74, 6) is 4.78. The molecule has 0 fully saturated rings. The number of aromatic nitrogens is 16. The quantitative estimate of drug-likeness (QED) is 0.0397. The van der Waals surface area contributed by atoms with E-state index in [4.69, 9.17) is 100 Å². The molecule has 0 spiro atoms. The average molecular weight is 1450 g/mol. The second-order valence-electron chi connectivity index (χ2n) is 21.3. The zero-order valence-corrected chi connectivity index (χ0v) is 57.2. The molecule has 6 aromatic heterocycles. The van der Waals surface area contributed by atoms with Crippen molar-refractivity contribution in [3.8, 4) is 91.1 Å². The number of hydrogen-bond donors (Lipinski definition) is 8. The molecule has 0 atom stereocenters. The van der Waals surface area contributed by atoms with Crippen molar-refractivity contribution in [3.05, 3.63) is 235 Å². The Morgan fingerprint density at radius 3 is 0.425 bits per heavy atom. The fourth-order valence-corrected chi connectivity index (χ4v) is 11.2. The van der Waals surface area contributed by atoms with Gasteiger partial charge in [0.15, 0.2) is 74.8 Å². The van der Waals surface area contributed by atoms with Gasteiger partial charge in [-0.1, -0.05) is 202 Å². The van der Waals surface area contributed by atoms with Gasteiger partial charge >= 0.3 is 0 Å². The molecule has 0 unspecified atom stereocenters. The molecule has 14 aromatic rings. The van der Waals surface area contributed by atoms with E-state index >= 15 is 0 Å². The van der Waals surface area contributed by atoms with Crippen molar-refractivity contribution < 1.29 is 19.7 Å². The number of nitrogens with two attached hydrogens (primary N) is 4. The SMILES string of the molecule is C.CN.CN.CN.CN.C[N+](=O)[O-].C[N+](=O)[O-].C[N+](=O)[O-].C[N+](=O)[O-].[SiH4].c1ccc2c(c1)-c1nc-2nc2[nH]c(nc3nc(nc4[nH]c(n1)c1ccccc41)-c1ccccc1-3)c1ccccc21.c1ccc2c(c1)-c1nc-2nc2[nH]c(nc3nc(nc4[nH]c(n1)c1ccccc41)-c1ccccc1-3)c1ccccc21. The lowest BCUT2D eigenvalue weighted by Crippen LogP contribution is -1.83. The Balaban J connectivity index is 0.000000225. The van der Waals surface area contributed by atoms with Crippen LogP contribution in [0.1, 0.15) is 7.43 Å². The lowest BCUT2D eigenvalue weighted by molar-refractivity contribution is -0.445. The topological polar surface area (TPSA) is 494 Å². The molecule has 4 aliphatic rings. The summed E-state index contributed by atoms with van der Waals surface area (Å²) in [4.78, 5) is 107. The number of hydrogen-bond acceptors (Lipinski definition) is 24. The van der Waals surface area contributed by atoms with Crippen LogP contribution in [0.15, 0.2) is 194 Å². The van der Waals surface area contributed by atoms with E-state index in [2.05, 4.69) is 42.9 Å². The fourth-order valence-electron chi connectivity index (χ4n) is 11.2. The summed E-state index contributed by atoms with van der Waals surface area (Å²) in [7, 11) is 9.56. The average Bonchev–Trinajstić information content (AvgIpc) is 1.60. The number of rotatable bonds is 0. The van der Waals surface area contributed by atoms with Crippen molar-refractivity contribution in [2.24, 2.45) is 22.9 Å². The van der Waals surface area contributed by atoms with Gasteiger partial charge in [0.1, 0.15) is 45.2 Å². The van der Waals surface area contributed by atoms with E-state index in [0.717, 1.165) is 116 Å². The molecule has 12 N–H and O–H groups in total. The summed E-state index contributed by atoms with van der Waals surface area (Å²) in [5.41, 5.74) is 30.9. The molecule has 0 saturated carbocycles. The predicted molar refractivity (Wildman–Crippen MR) is 422 cm³/mol. The molecule has 106 heavy (non-hydrogen) atoms. The highest BCUT2D eigenvalue weighted by Gasteiger charge is 2.25. The minimum Gasteiger partial charge on any atom is -0.333 e. The van der Waals surface area contributed by atoms with E-state index < -0.39 is 19.7 Å². The Kier molecular flexibility index (Phi) is 27.5. The van der Waals surface area contributed by atoms with Crippen molar-refractivity contribution in [1.82, 2.24) is 79.7 Å². The summed E-state index contributed by atoms with van der Waals surface area (Å²) in [5, 5.41) is 42.9. The molecular weight excluding hydrogens is 1370 g/mol. The molecule has 10 heterocycles. The van der Waals surface area contributed by atoms with Crippen molar-refractivity contribution in [3.63, 3.8) is 0 Å². The smallest absolute Gasteiger partial charge is 0.194 e. The van der Waals surface area contributed by atoms with Crippen molar-refractivity contribution in [2.75, 3.05) is 56.4 Å². The first-order chi connectivity index (χ1) is 50.5. The third-order valence-corrected chi connectivity index (χ3v) is 14.9. The second-order valence-corrected chi connectivity index (χ2v) is 21.3. The van der Waals surface area contributed by atoms with Gasteiger partial charge in [0.2, 0.25) is 0 Å². The lowest BCUT2D eigenvalue weighted by atomic mass is 10.1. The van der Waals surface area contributed by atoms with Gasteiger partial charge in [-0.05, 0) is 39.2 Å². The Hall–Kier alpha value is -13.9. The molecule has 8 aromatic carbocycles. The van der Waals surface area contributed by atoms with Gasteiger partial charge in [0.25, 0.3) is 0 Å². The Bertz CT molecular complexity index is 4850. The number of nitrogens with one attached hydrogen (secondary N) is 4. The normalized spacial score (nSPS) is 10.2. The lowest BCUT2D eigenvalue weighted by Gasteiger charge is -1.96. The first kappa shape index (κ1) is 79.5. The largest absolute Gasteiger partial charge is 0.333 e. The standard InChI is InChI=1S/2C32H18N8.4CH3NO2.4CH5N.CH4.H4Si/c2*1-2-10-18-17(9-1)25-33-26(18)38-28-21-13-5-6-14-22(21)30(35-28)40-32-24-16-8-7-15-23(24)31(36-32)39-29-20-12-4-3-11-19(20)27(34-29)37-25;4*1-2(3)4;4*1-2;;/h2*1-16H,(H2,33,34,35,36,37,38,39,40);4*1H3;4*2H2,1H3;2*1H4. The number of nitrogens with zero attached hydrogens (tertiary/aromatic N) is 16. The van der Waals surface area contributed by atoms with Crippen LogP contribution in [0.4, 0.5) is 0 Å². The minimum absolute atomic E-state index is 0. The van der Waals surface area contributed by atoms with Gasteiger partial charge in [0, 0.05) is 107 Å². The van der Waals surface area contributed by atoms with Gasteiger partial charge in [-0.15, -0.1) is 0 Å². The Morgan fingerprint density at radius 1 is 0.226 bits per heavy atom. The monoisotopic (exact) mass is 1440 g/mol. The highest BCUT2D eigenvalue weighted by molar-refractivity contribution is 6.08. The summed E-state index contributed by atoms with van der Waals surface area (Å²) < 4.78 is 0. The van der Waals surface area contributed by atoms with E-state index in [9.17, 15) is 0 Å². The molecule has 540 valence electrons. The van der Waals surface area contributed by atoms with E-state index in [1.54, 1.807) is 0 Å². The first-order valence-electron chi connectivity index (χ1n) is 31.5. The molecule has 0 saturated heterocycles. The molecule has 18 rings (SSSR count). The second kappa shape index (κ2) is 36.7. The van der Waals surface area contributed by atoms with Crippen LogP contribution in [0.3, 0.4) is 0 Å². The van der Waals surface area contributed by atoms with Crippen LogP contribution in [0.2, 0.25) is 0 Å². The fraction of sp³-hybridized carbons (Fsp3) is 0.123. The summed E-state index contributed by atoms with van der Waals surface area (Å²) in [6.45, 7) is 0. The third-order valence-electron chi connectivity index (χ3n) is 14.9. The Morgan fingerprint density at radius 2 is 0.321 bits per heavy atom. The zero-order chi connectivity index (χ0) is 74.7. The van der Waals surface area contributed by atoms with Crippen molar-refractivity contribution in [1.29, 1.82) is 0 Å². The summed E-state index contributed by atoms with van der Waals surface area (Å²) in [6.07, 6.45) is 0.